The smallest absolute Gasteiger partial charge is 0.319 e. The van der Waals surface area contributed by atoms with Gasteiger partial charge in [-0.1, -0.05) is 13.0 Å². The van der Waals surface area contributed by atoms with Crippen molar-refractivity contribution in [1.82, 2.24) is 20.2 Å². The standard InChI is InChI=1S/C37H38F3N5O3/c1-3-25-28(39)8-5-20-12-24(46)13-26(29(20)25)30-32(40)33-31(27-11-19(2)48-34(27)30)35(44-16-22-6-7-23(17-44)41-22)43-36(42-33)47-18-37-9-4-10-45(37)15-21(38)14-37/h5,8,11-13,21-23,41,46H,3-4,6-7,9-10,14-18H2,1-2H3/t21-,22-,23+,37+/m1/s1. The number of aromatic nitrogens is 2. The summed E-state index contributed by atoms with van der Waals surface area (Å²) >= 11 is 0. The minimum absolute atomic E-state index is 0.0392. The first-order chi connectivity index (χ1) is 23.2. The van der Waals surface area contributed by atoms with Gasteiger partial charge in [-0.05, 0) is 86.2 Å². The molecule has 2 N–H and O–H groups in total. The number of furan rings is 1. The van der Waals surface area contributed by atoms with E-state index in [1.165, 1.54) is 12.1 Å². The van der Waals surface area contributed by atoms with E-state index in [0.717, 1.165) is 32.2 Å². The molecular weight excluding hydrogens is 619 g/mol. The third kappa shape index (κ3) is 4.57. The third-order valence-corrected chi connectivity index (χ3v) is 11.2. The van der Waals surface area contributed by atoms with E-state index in [2.05, 4.69) is 15.1 Å². The Morgan fingerprint density at radius 3 is 2.69 bits per heavy atom. The summed E-state index contributed by atoms with van der Waals surface area (Å²) in [6.07, 6.45) is 3.74. The van der Waals surface area contributed by atoms with Crippen molar-refractivity contribution in [2.24, 2.45) is 0 Å². The average Bonchev–Trinajstić information content (AvgIpc) is 3.81. The zero-order chi connectivity index (χ0) is 32.9. The van der Waals surface area contributed by atoms with Crippen molar-refractivity contribution in [3.63, 3.8) is 0 Å². The van der Waals surface area contributed by atoms with Gasteiger partial charge in [0.1, 0.15) is 47.0 Å². The third-order valence-electron chi connectivity index (χ3n) is 11.2. The lowest BCUT2D eigenvalue weighted by molar-refractivity contribution is 0.107. The summed E-state index contributed by atoms with van der Waals surface area (Å²) in [4.78, 5) is 14.1. The fraction of sp³-hybridized carbons (Fsp3) is 0.459. The summed E-state index contributed by atoms with van der Waals surface area (Å²) < 4.78 is 60.0. The predicted octanol–water partition coefficient (Wildman–Crippen LogP) is 6.95. The lowest BCUT2D eigenvalue weighted by atomic mass is 9.91. The monoisotopic (exact) mass is 657 g/mol. The molecule has 4 aliphatic rings. The van der Waals surface area contributed by atoms with Gasteiger partial charge >= 0.3 is 6.01 Å². The number of fused-ring (bicyclic) bond motifs is 7. The van der Waals surface area contributed by atoms with Crippen LogP contribution in [0.5, 0.6) is 11.8 Å². The SMILES string of the molecule is CCc1c(F)ccc2cc(O)cc(-c3c(F)c4nc(OC[C@@]56CCCN5C[C@H](F)C6)nc(N5C[C@H]6CC[C@@H](C5)N6)c4c4cc(C)oc34)c12. The molecule has 0 spiro atoms. The summed E-state index contributed by atoms with van der Waals surface area (Å²) in [6, 6.07) is 8.48. The number of ether oxygens (including phenoxy) is 1. The second-order valence-electron chi connectivity index (χ2n) is 14.2. The highest BCUT2D eigenvalue weighted by atomic mass is 19.1. The van der Waals surface area contributed by atoms with Gasteiger partial charge in [-0.15, -0.1) is 0 Å². The summed E-state index contributed by atoms with van der Waals surface area (Å²) in [5.41, 5.74) is 0.758. The Bertz CT molecular complexity index is 2110. The van der Waals surface area contributed by atoms with Gasteiger partial charge in [0.2, 0.25) is 0 Å². The fourth-order valence-electron chi connectivity index (χ4n) is 9.13. The zero-order valence-corrected chi connectivity index (χ0v) is 27.1. The van der Waals surface area contributed by atoms with Crippen molar-refractivity contribution in [2.45, 2.75) is 76.2 Å². The van der Waals surface area contributed by atoms with Crippen LogP contribution in [0.15, 0.2) is 34.7 Å². The van der Waals surface area contributed by atoms with E-state index in [4.69, 9.17) is 19.1 Å². The maximum absolute atomic E-state index is 17.5. The van der Waals surface area contributed by atoms with E-state index >= 15 is 8.78 Å². The summed E-state index contributed by atoms with van der Waals surface area (Å²) in [6.45, 7) is 6.48. The van der Waals surface area contributed by atoms with E-state index in [1.54, 1.807) is 19.1 Å². The molecule has 2 bridgehead atoms. The van der Waals surface area contributed by atoms with Gasteiger partial charge in [0.15, 0.2) is 5.82 Å². The quantitative estimate of drug-likeness (QED) is 0.203. The van der Waals surface area contributed by atoms with E-state index in [0.29, 0.717) is 76.7 Å². The Morgan fingerprint density at radius 2 is 1.90 bits per heavy atom. The number of piperazine rings is 1. The topological polar surface area (TPSA) is 86.9 Å². The number of benzene rings is 3. The minimum atomic E-state index is -0.911. The van der Waals surface area contributed by atoms with Crippen LogP contribution in [-0.2, 0) is 6.42 Å². The molecule has 8 nitrogen and oxygen atoms in total. The first-order valence-electron chi connectivity index (χ1n) is 17.1. The van der Waals surface area contributed by atoms with Crippen LogP contribution in [-0.4, -0.2) is 76.6 Å². The molecule has 0 saturated carbocycles. The predicted molar refractivity (Wildman–Crippen MR) is 179 cm³/mol. The highest BCUT2D eigenvalue weighted by Crippen LogP contribution is 2.47. The Labute approximate surface area is 275 Å². The maximum Gasteiger partial charge on any atom is 0.319 e. The number of phenols is 1. The van der Waals surface area contributed by atoms with Gasteiger partial charge in [-0.25, -0.2) is 13.2 Å². The molecule has 6 heterocycles. The van der Waals surface area contributed by atoms with Crippen molar-refractivity contribution >= 4 is 38.5 Å². The summed E-state index contributed by atoms with van der Waals surface area (Å²) in [5, 5.41) is 16.7. The van der Waals surface area contributed by atoms with Gasteiger partial charge in [-0.3, -0.25) is 4.90 Å². The Kier molecular flexibility index (Phi) is 6.85. The van der Waals surface area contributed by atoms with Crippen LogP contribution in [0.4, 0.5) is 19.0 Å². The molecule has 4 fully saturated rings. The molecule has 4 atom stereocenters. The molecule has 250 valence electrons. The molecule has 0 unspecified atom stereocenters. The second kappa shape index (κ2) is 11.0. The molecular formula is C37H38F3N5O3. The number of nitrogens with zero attached hydrogens (tertiary/aromatic N) is 4. The second-order valence-corrected chi connectivity index (χ2v) is 14.2. The molecule has 4 aliphatic heterocycles. The van der Waals surface area contributed by atoms with E-state index in [9.17, 15) is 9.50 Å². The van der Waals surface area contributed by atoms with E-state index in [-0.39, 0.29) is 47.1 Å². The highest BCUT2D eigenvalue weighted by Gasteiger charge is 2.49. The lowest BCUT2D eigenvalue weighted by Gasteiger charge is -2.35. The molecule has 0 aliphatic carbocycles. The molecule has 5 aromatic rings. The fourth-order valence-corrected chi connectivity index (χ4v) is 9.13. The lowest BCUT2D eigenvalue weighted by Crippen LogP contribution is -2.51. The van der Waals surface area contributed by atoms with Crippen molar-refractivity contribution in [2.75, 3.05) is 37.7 Å². The molecule has 0 amide bonds. The summed E-state index contributed by atoms with van der Waals surface area (Å²) in [7, 11) is 0. The van der Waals surface area contributed by atoms with Gasteiger partial charge in [0.05, 0.1) is 16.5 Å². The van der Waals surface area contributed by atoms with Crippen molar-refractivity contribution < 1.29 is 27.4 Å². The van der Waals surface area contributed by atoms with Crippen molar-refractivity contribution in [3.05, 3.63) is 53.3 Å². The molecule has 48 heavy (non-hydrogen) atoms. The van der Waals surface area contributed by atoms with Gasteiger partial charge in [0.25, 0.3) is 0 Å². The van der Waals surface area contributed by atoms with Crippen LogP contribution in [0.25, 0.3) is 43.8 Å². The highest BCUT2D eigenvalue weighted by molar-refractivity contribution is 6.18. The largest absolute Gasteiger partial charge is 0.508 e. The van der Waals surface area contributed by atoms with Crippen LogP contribution in [0.3, 0.4) is 0 Å². The van der Waals surface area contributed by atoms with Crippen molar-refractivity contribution in [3.8, 4) is 22.9 Å². The average molecular weight is 658 g/mol. The zero-order valence-electron chi connectivity index (χ0n) is 27.1. The number of aryl methyl sites for hydroxylation is 2. The maximum atomic E-state index is 17.5. The molecule has 9 rings (SSSR count). The summed E-state index contributed by atoms with van der Waals surface area (Å²) in [5.74, 6) is -0.00262. The number of halogens is 3. The normalized spacial score (nSPS) is 25.6. The van der Waals surface area contributed by atoms with Gasteiger partial charge in [0, 0.05) is 49.1 Å². The number of nitrogens with one attached hydrogen (secondary N) is 1. The van der Waals surface area contributed by atoms with Crippen LogP contribution in [0.2, 0.25) is 0 Å². The van der Waals surface area contributed by atoms with E-state index < -0.39 is 23.3 Å². The number of phenolic OH excluding ortho intramolecular Hbond substituents is 1. The van der Waals surface area contributed by atoms with Crippen molar-refractivity contribution in [1.29, 1.82) is 0 Å². The molecule has 3 aromatic carbocycles. The van der Waals surface area contributed by atoms with Crippen LogP contribution < -0.4 is 15.0 Å². The number of aromatic hydroxyl groups is 1. The Balaban J connectivity index is 1.29. The molecule has 2 aromatic heterocycles. The number of anilines is 1. The van der Waals surface area contributed by atoms with Crippen LogP contribution >= 0.6 is 0 Å². The number of alkyl halides is 1. The number of rotatable bonds is 6. The Hall–Kier alpha value is -4.09. The van der Waals surface area contributed by atoms with Crippen LogP contribution in [0, 0.1) is 18.6 Å². The first kappa shape index (κ1) is 30.0. The van der Waals surface area contributed by atoms with E-state index in [1.807, 2.05) is 13.0 Å². The van der Waals surface area contributed by atoms with Gasteiger partial charge in [-0.2, -0.15) is 9.97 Å². The molecule has 0 radical (unpaired) electrons. The van der Waals surface area contributed by atoms with Crippen LogP contribution in [0.1, 0.15) is 50.4 Å². The molecule has 11 heteroatoms. The molecule has 4 saturated heterocycles. The first-order valence-corrected chi connectivity index (χ1v) is 17.1. The number of hydrogen-bond donors (Lipinski definition) is 2. The Morgan fingerprint density at radius 1 is 1.08 bits per heavy atom. The minimum Gasteiger partial charge on any atom is -0.508 e. The van der Waals surface area contributed by atoms with Gasteiger partial charge < -0.3 is 24.5 Å². The number of hydrogen-bond acceptors (Lipinski definition) is 8.